The Morgan fingerprint density at radius 3 is 2.37 bits per heavy atom. The van der Waals surface area contributed by atoms with E-state index in [1.54, 1.807) is 6.07 Å². The van der Waals surface area contributed by atoms with Gasteiger partial charge in [0.2, 0.25) is 0 Å². The average Bonchev–Trinajstić information content (AvgIpc) is 2.25. The highest BCUT2D eigenvalue weighted by atomic mass is 35.7. The number of nitriles is 1. The van der Waals surface area contributed by atoms with E-state index in [9.17, 15) is 21.6 Å². The number of aryl methyl sites for hydroxylation is 1. The quantitative estimate of drug-likeness (QED) is 0.805. The molecule has 0 unspecified atom stereocenters. The number of halogens is 4. The minimum Gasteiger partial charge on any atom is -0.405 e. The molecule has 0 aliphatic heterocycles. The van der Waals surface area contributed by atoms with Gasteiger partial charge in [0, 0.05) is 16.7 Å². The van der Waals surface area contributed by atoms with Crippen molar-refractivity contribution in [3.63, 3.8) is 0 Å². The molecular weight excluding hydrogens is 307 g/mol. The van der Waals surface area contributed by atoms with E-state index in [-0.39, 0.29) is 17.5 Å². The normalized spacial score (nSPS) is 12.0. The standard InChI is InChI=1S/C10H7ClF3NO3S/c1-2-6-3-7(5-15)9(19(11,16)17)4-8(6)18-10(12,13)14/h3-4H,2H2,1H3. The number of hydrogen-bond acceptors (Lipinski definition) is 4. The maximum atomic E-state index is 12.2. The van der Waals surface area contributed by atoms with Crippen LogP contribution in [0.4, 0.5) is 13.2 Å². The van der Waals surface area contributed by atoms with E-state index in [2.05, 4.69) is 4.74 Å². The second kappa shape index (κ2) is 5.27. The summed E-state index contributed by atoms with van der Waals surface area (Å²) in [6.45, 7) is 1.54. The lowest BCUT2D eigenvalue weighted by Gasteiger charge is -2.14. The van der Waals surface area contributed by atoms with E-state index in [1.807, 2.05) is 0 Å². The van der Waals surface area contributed by atoms with Crippen molar-refractivity contribution in [2.75, 3.05) is 0 Å². The van der Waals surface area contributed by atoms with E-state index in [1.165, 1.54) is 6.92 Å². The molecule has 0 aromatic heterocycles. The zero-order valence-electron chi connectivity index (χ0n) is 9.45. The second-order valence-corrected chi connectivity index (χ2v) is 5.94. The molecule has 0 aliphatic carbocycles. The van der Waals surface area contributed by atoms with Crippen molar-refractivity contribution in [1.29, 1.82) is 5.26 Å². The van der Waals surface area contributed by atoms with E-state index in [0.717, 1.165) is 6.07 Å². The fourth-order valence-electron chi connectivity index (χ4n) is 1.39. The first-order valence-electron chi connectivity index (χ1n) is 4.86. The van der Waals surface area contributed by atoms with Gasteiger partial charge in [-0.2, -0.15) is 5.26 Å². The third-order valence-corrected chi connectivity index (χ3v) is 3.51. The van der Waals surface area contributed by atoms with Crippen LogP contribution in [0.2, 0.25) is 0 Å². The number of ether oxygens (including phenoxy) is 1. The molecule has 0 bridgehead atoms. The van der Waals surface area contributed by atoms with Crippen LogP contribution >= 0.6 is 10.7 Å². The molecule has 104 valence electrons. The molecule has 0 spiro atoms. The molecule has 9 heteroatoms. The highest BCUT2D eigenvalue weighted by Crippen LogP contribution is 2.32. The SMILES string of the molecule is CCc1cc(C#N)c(S(=O)(=O)Cl)cc1OC(F)(F)F. The molecule has 1 rings (SSSR count). The van der Waals surface area contributed by atoms with Gasteiger partial charge in [0.1, 0.15) is 16.7 Å². The van der Waals surface area contributed by atoms with Gasteiger partial charge in [-0.3, -0.25) is 0 Å². The van der Waals surface area contributed by atoms with E-state index in [0.29, 0.717) is 6.07 Å². The van der Waals surface area contributed by atoms with Gasteiger partial charge in [0.15, 0.2) is 0 Å². The zero-order valence-corrected chi connectivity index (χ0v) is 11.0. The van der Waals surface area contributed by atoms with Crippen molar-refractivity contribution in [3.8, 4) is 11.8 Å². The maximum absolute atomic E-state index is 12.2. The summed E-state index contributed by atoms with van der Waals surface area (Å²) in [4.78, 5) is -0.715. The van der Waals surface area contributed by atoms with Crippen LogP contribution in [0, 0.1) is 11.3 Å². The summed E-state index contributed by atoms with van der Waals surface area (Å²) in [7, 11) is 0.719. The summed E-state index contributed by atoms with van der Waals surface area (Å²) >= 11 is 0. The van der Waals surface area contributed by atoms with Crippen molar-refractivity contribution >= 4 is 19.7 Å². The summed E-state index contributed by atoms with van der Waals surface area (Å²) < 4.78 is 62.7. The Morgan fingerprint density at radius 1 is 1.42 bits per heavy atom. The average molecular weight is 314 g/mol. The fourth-order valence-corrected chi connectivity index (χ4v) is 2.39. The van der Waals surface area contributed by atoms with Gasteiger partial charge in [0.25, 0.3) is 9.05 Å². The molecular formula is C10H7ClF3NO3S. The molecule has 0 saturated heterocycles. The number of hydrogen-bond donors (Lipinski definition) is 0. The molecule has 19 heavy (non-hydrogen) atoms. The van der Waals surface area contributed by atoms with Crippen molar-refractivity contribution < 1.29 is 26.3 Å². The van der Waals surface area contributed by atoms with Gasteiger partial charge in [-0.1, -0.05) is 6.92 Å². The molecule has 0 saturated carbocycles. The Balaban J connectivity index is 3.52. The topological polar surface area (TPSA) is 67.2 Å². The van der Waals surface area contributed by atoms with E-state index in [4.69, 9.17) is 15.9 Å². The highest BCUT2D eigenvalue weighted by Gasteiger charge is 2.33. The zero-order chi connectivity index (χ0) is 14.8. The van der Waals surface area contributed by atoms with Crippen LogP contribution in [-0.2, 0) is 15.5 Å². The molecule has 4 nitrogen and oxygen atoms in total. The summed E-state index contributed by atoms with van der Waals surface area (Å²) in [5.74, 6) is -0.687. The van der Waals surface area contributed by atoms with Crippen LogP contribution in [0.3, 0.4) is 0 Å². The molecule has 0 radical (unpaired) electrons. The molecule has 0 aliphatic rings. The van der Waals surface area contributed by atoms with Crippen LogP contribution < -0.4 is 4.74 Å². The summed E-state index contributed by atoms with van der Waals surface area (Å²) in [5, 5.41) is 8.79. The third-order valence-electron chi connectivity index (χ3n) is 2.15. The van der Waals surface area contributed by atoms with Gasteiger partial charge < -0.3 is 4.74 Å². The molecule has 0 heterocycles. The van der Waals surface area contributed by atoms with Gasteiger partial charge in [-0.05, 0) is 18.1 Å². The number of nitrogens with zero attached hydrogens (tertiary/aromatic N) is 1. The van der Waals surface area contributed by atoms with Gasteiger partial charge >= 0.3 is 6.36 Å². The molecule has 1 aromatic rings. The molecule has 1 aromatic carbocycles. The van der Waals surface area contributed by atoms with Crippen LogP contribution in [0.15, 0.2) is 17.0 Å². The minimum atomic E-state index is -4.97. The largest absolute Gasteiger partial charge is 0.573 e. The maximum Gasteiger partial charge on any atom is 0.573 e. The smallest absolute Gasteiger partial charge is 0.405 e. The van der Waals surface area contributed by atoms with Gasteiger partial charge in [-0.15, -0.1) is 13.2 Å². The Kier molecular flexibility index (Phi) is 4.32. The Bertz CT molecular complexity index is 635. The molecule has 0 fully saturated rings. The fraction of sp³-hybridized carbons (Fsp3) is 0.300. The number of alkyl halides is 3. The lowest BCUT2D eigenvalue weighted by atomic mass is 10.1. The van der Waals surface area contributed by atoms with E-state index < -0.39 is 26.1 Å². The predicted octanol–water partition coefficient (Wildman–Crippen LogP) is 2.95. The third kappa shape index (κ3) is 4.01. The van der Waals surface area contributed by atoms with Crippen molar-refractivity contribution in [1.82, 2.24) is 0 Å². The molecule has 0 N–H and O–H groups in total. The number of rotatable bonds is 3. The lowest BCUT2D eigenvalue weighted by molar-refractivity contribution is -0.275. The van der Waals surface area contributed by atoms with E-state index >= 15 is 0 Å². The first-order chi connectivity index (χ1) is 8.58. The summed E-state index contributed by atoms with van der Waals surface area (Å²) in [5.41, 5.74) is -0.278. The van der Waals surface area contributed by atoms with Crippen molar-refractivity contribution in [2.24, 2.45) is 0 Å². The second-order valence-electron chi connectivity index (χ2n) is 3.41. The predicted molar refractivity (Wildman–Crippen MR) is 60.3 cm³/mol. The van der Waals surface area contributed by atoms with Gasteiger partial charge in [-0.25, -0.2) is 8.42 Å². The Labute approximate surface area is 111 Å². The number of benzene rings is 1. The first kappa shape index (κ1) is 15.6. The van der Waals surface area contributed by atoms with Crippen LogP contribution in [0.1, 0.15) is 18.1 Å². The lowest BCUT2D eigenvalue weighted by Crippen LogP contribution is -2.18. The molecule has 0 atom stereocenters. The minimum absolute atomic E-state index is 0.0536. The summed E-state index contributed by atoms with van der Waals surface area (Å²) in [6.07, 6.45) is -4.84. The highest BCUT2D eigenvalue weighted by molar-refractivity contribution is 8.13. The van der Waals surface area contributed by atoms with Crippen LogP contribution in [-0.4, -0.2) is 14.8 Å². The Morgan fingerprint density at radius 2 is 2.00 bits per heavy atom. The first-order valence-corrected chi connectivity index (χ1v) is 7.17. The Hall–Kier alpha value is -1.46. The van der Waals surface area contributed by atoms with Crippen LogP contribution in [0.25, 0.3) is 0 Å². The van der Waals surface area contributed by atoms with Crippen LogP contribution in [0.5, 0.6) is 5.75 Å². The van der Waals surface area contributed by atoms with Crippen molar-refractivity contribution in [2.45, 2.75) is 24.6 Å². The van der Waals surface area contributed by atoms with Crippen molar-refractivity contribution in [3.05, 3.63) is 23.3 Å². The van der Waals surface area contributed by atoms with Gasteiger partial charge in [0.05, 0.1) is 5.56 Å². The molecule has 0 amide bonds. The summed E-state index contributed by atoms with van der Waals surface area (Å²) in [6, 6.07) is 3.18. The monoisotopic (exact) mass is 313 g/mol.